The summed E-state index contributed by atoms with van der Waals surface area (Å²) in [5.74, 6) is 0.943. The van der Waals surface area contributed by atoms with Crippen LogP contribution in [0.25, 0.3) is 22.3 Å². The zero-order valence-electron chi connectivity index (χ0n) is 9.54. The molecule has 0 unspecified atom stereocenters. The molecule has 0 saturated heterocycles. The molecule has 0 spiro atoms. The van der Waals surface area contributed by atoms with E-state index in [1.807, 2.05) is 18.2 Å². The summed E-state index contributed by atoms with van der Waals surface area (Å²) in [6, 6.07) is 9.28. The van der Waals surface area contributed by atoms with Crippen molar-refractivity contribution in [3.8, 4) is 11.4 Å². The molecule has 0 radical (unpaired) electrons. The number of para-hydroxylation sites is 1. The van der Waals surface area contributed by atoms with E-state index in [0.29, 0.717) is 28.4 Å². The normalized spacial score (nSPS) is 10.7. The summed E-state index contributed by atoms with van der Waals surface area (Å²) in [5.41, 5.74) is 13.8. The maximum atomic E-state index is 5.94. The molecule has 0 amide bonds. The molecule has 0 aliphatic rings. The van der Waals surface area contributed by atoms with Gasteiger partial charge in [-0.1, -0.05) is 12.1 Å². The molecule has 0 saturated carbocycles. The van der Waals surface area contributed by atoms with Gasteiger partial charge in [-0.3, -0.25) is 0 Å². The van der Waals surface area contributed by atoms with E-state index in [1.165, 1.54) is 0 Å². The third-order valence-corrected chi connectivity index (χ3v) is 2.71. The lowest BCUT2D eigenvalue weighted by molar-refractivity contribution is 1.17. The molecule has 3 aromatic rings. The Morgan fingerprint density at radius 1 is 0.944 bits per heavy atom. The van der Waals surface area contributed by atoms with Crippen LogP contribution >= 0.6 is 0 Å². The molecule has 1 aromatic carbocycles. The molecule has 0 atom stereocenters. The van der Waals surface area contributed by atoms with Crippen LogP contribution in [-0.4, -0.2) is 15.0 Å². The van der Waals surface area contributed by atoms with Crippen molar-refractivity contribution in [2.45, 2.75) is 0 Å². The van der Waals surface area contributed by atoms with Crippen molar-refractivity contribution >= 4 is 22.4 Å². The summed E-state index contributed by atoms with van der Waals surface area (Å²) in [5, 5.41) is 0.923. The van der Waals surface area contributed by atoms with Crippen LogP contribution < -0.4 is 11.5 Å². The third kappa shape index (κ3) is 1.62. The van der Waals surface area contributed by atoms with Gasteiger partial charge in [-0.15, -0.1) is 0 Å². The summed E-state index contributed by atoms with van der Waals surface area (Å²) in [4.78, 5) is 12.7. The van der Waals surface area contributed by atoms with Crippen molar-refractivity contribution in [2.75, 3.05) is 11.5 Å². The van der Waals surface area contributed by atoms with E-state index < -0.39 is 0 Å². The Balaban J connectivity index is 2.29. The van der Waals surface area contributed by atoms with Crippen molar-refractivity contribution in [1.29, 1.82) is 0 Å². The quantitative estimate of drug-likeness (QED) is 0.630. The summed E-state index contributed by atoms with van der Waals surface area (Å²) >= 11 is 0. The van der Waals surface area contributed by atoms with Crippen LogP contribution in [0, 0.1) is 0 Å². The number of benzene rings is 1. The van der Waals surface area contributed by atoms with Crippen molar-refractivity contribution in [2.24, 2.45) is 0 Å². The van der Waals surface area contributed by atoms with E-state index in [1.54, 1.807) is 24.5 Å². The standard InChI is InChI=1S/C13H11N5/c14-10-4-1-3-8-7-9(12(15)18-11(8)10)13-16-5-2-6-17-13/h1-7H,14H2,(H2,15,18). The summed E-state index contributed by atoms with van der Waals surface area (Å²) < 4.78 is 0. The smallest absolute Gasteiger partial charge is 0.162 e. The fourth-order valence-corrected chi connectivity index (χ4v) is 1.85. The van der Waals surface area contributed by atoms with E-state index in [0.717, 1.165) is 5.39 Å². The lowest BCUT2D eigenvalue weighted by Gasteiger charge is -2.07. The first kappa shape index (κ1) is 10.5. The number of anilines is 2. The van der Waals surface area contributed by atoms with Gasteiger partial charge in [0, 0.05) is 17.8 Å². The zero-order valence-corrected chi connectivity index (χ0v) is 9.54. The molecule has 5 heteroatoms. The Labute approximate surface area is 104 Å². The third-order valence-electron chi connectivity index (χ3n) is 2.71. The zero-order chi connectivity index (χ0) is 12.5. The summed E-state index contributed by atoms with van der Waals surface area (Å²) in [6.07, 6.45) is 3.34. The van der Waals surface area contributed by atoms with E-state index in [4.69, 9.17) is 11.5 Å². The first-order valence-electron chi connectivity index (χ1n) is 5.48. The highest BCUT2D eigenvalue weighted by Gasteiger charge is 2.09. The number of hydrogen-bond acceptors (Lipinski definition) is 5. The van der Waals surface area contributed by atoms with Gasteiger partial charge < -0.3 is 11.5 Å². The molecule has 3 rings (SSSR count). The summed E-state index contributed by atoms with van der Waals surface area (Å²) in [7, 11) is 0. The van der Waals surface area contributed by atoms with Crippen LogP contribution in [-0.2, 0) is 0 Å². The van der Waals surface area contributed by atoms with Crippen LogP contribution in [0.15, 0.2) is 42.7 Å². The van der Waals surface area contributed by atoms with Gasteiger partial charge in [-0.2, -0.15) is 0 Å². The first-order chi connectivity index (χ1) is 8.75. The monoisotopic (exact) mass is 237 g/mol. The Morgan fingerprint density at radius 2 is 1.72 bits per heavy atom. The molecule has 2 heterocycles. The predicted octanol–water partition coefficient (Wildman–Crippen LogP) is 1.86. The Morgan fingerprint density at radius 3 is 2.50 bits per heavy atom. The van der Waals surface area contributed by atoms with Crippen molar-refractivity contribution < 1.29 is 0 Å². The Kier molecular flexibility index (Phi) is 2.30. The second-order valence-electron chi connectivity index (χ2n) is 3.91. The summed E-state index contributed by atoms with van der Waals surface area (Å²) in [6.45, 7) is 0. The molecule has 4 N–H and O–H groups in total. The van der Waals surface area contributed by atoms with E-state index >= 15 is 0 Å². The average molecular weight is 237 g/mol. The van der Waals surface area contributed by atoms with Gasteiger partial charge in [0.25, 0.3) is 0 Å². The highest BCUT2D eigenvalue weighted by Crippen LogP contribution is 2.27. The van der Waals surface area contributed by atoms with Crippen molar-refractivity contribution in [3.63, 3.8) is 0 Å². The fourth-order valence-electron chi connectivity index (χ4n) is 1.85. The van der Waals surface area contributed by atoms with Gasteiger partial charge >= 0.3 is 0 Å². The van der Waals surface area contributed by atoms with Crippen LogP contribution in [0.1, 0.15) is 0 Å². The minimum atomic E-state index is 0.381. The van der Waals surface area contributed by atoms with Crippen molar-refractivity contribution in [3.05, 3.63) is 42.7 Å². The number of hydrogen-bond donors (Lipinski definition) is 2. The van der Waals surface area contributed by atoms with Gasteiger partial charge in [-0.25, -0.2) is 15.0 Å². The van der Waals surface area contributed by atoms with E-state index in [9.17, 15) is 0 Å². The van der Waals surface area contributed by atoms with Gasteiger partial charge in [-0.05, 0) is 18.2 Å². The second kappa shape index (κ2) is 3.96. The van der Waals surface area contributed by atoms with Gasteiger partial charge in [0.15, 0.2) is 5.82 Å². The maximum absolute atomic E-state index is 5.94. The number of nitrogens with zero attached hydrogens (tertiary/aromatic N) is 3. The number of aromatic nitrogens is 3. The molecular weight excluding hydrogens is 226 g/mol. The van der Waals surface area contributed by atoms with E-state index in [-0.39, 0.29) is 0 Å². The molecule has 88 valence electrons. The molecule has 0 aliphatic carbocycles. The predicted molar refractivity (Wildman–Crippen MR) is 71.6 cm³/mol. The fraction of sp³-hybridized carbons (Fsp3) is 0. The minimum absolute atomic E-state index is 0.381. The molecule has 2 aromatic heterocycles. The minimum Gasteiger partial charge on any atom is -0.397 e. The molecule has 0 fully saturated rings. The Hall–Kier alpha value is -2.69. The number of nitrogens with two attached hydrogens (primary N) is 2. The largest absolute Gasteiger partial charge is 0.397 e. The van der Waals surface area contributed by atoms with Crippen LogP contribution in [0.3, 0.4) is 0 Å². The van der Waals surface area contributed by atoms with Crippen molar-refractivity contribution in [1.82, 2.24) is 15.0 Å². The highest BCUT2D eigenvalue weighted by molar-refractivity contribution is 5.94. The second-order valence-corrected chi connectivity index (χ2v) is 3.91. The molecular formula is C13H11N5. The van der Waals surface area contributed by atoms with Crippen LogP contribution in [0.4, 0.5) is 11.5 Å². The average Bonchev–Trinajstić information content (AvgIpc) is 2.40. The molecule has 0 bridgehead atoms. The van der Waals surface area contributed by atoms with Gasteiger partial charge in [0.1, 0.15) is 5.82 Å². The molecule has 18 heavy (non-hydrogen) atoms. The maximum Gasteiger partial charge on any atom is 0.162 e. The number of nitrogen functional groups attached to an aromatic ring is 2. The lowest BCUT2D eigenvalue weighted by atomic mass is 10.1. The SMILES string of the molecule is Nc1nc2c(N)cccc2cc1-c1ncccn1. The topological polar surface area (TPSA) is 90.7 Å². The van der Waals surface area contributed by atoms with Gasteiger partial charge in [0.2, 0.25) is 0 Å². The highest BCUT2D eigenvalue weighted by atomic mass is 14.9. The molecule has 5 nitrogen and oxygen atoms in total. The van der Waals surface area contributed by atoms with E-state index in [2.05, 4.69) is 15.0 Å². The van der Waals surface area contributed by atoms with Crippen LogP contribution in [0.5, 0.6) is 0 Å². The lowest BCUT2D eigenvalue weighted by Crippen LogP contribution is -1.99. The number of rotatable bonds is 1. The molecule has 0 aliphatic heterocycles. The van der Waals surface area contributed by atoms with Gasteiger partial charge in [0.05, 0.1) is 16.8 Å². The number of fused-ring (bicyclic) bond motifs is 1. The van der Waals surface area contributed by atoms with Crippen LogP contribution in [0.2, 0.25) is 0 Å². The Bertz CT molecular complexity index is 709. The number of pyridine rings is 1. The first-order valence-corrected chi connectivity index (χ1v) is 5.48.